The molecule has 0 amide bonds. The molecule has 0 aliphatic rings. The second-order valence-electron chi connectivity index (χ2n) is 0.728. The van der Waals surface area contributed by atoms with Crippen LogP contribution >= 0.6 is 18.5 Å². The minimum absolute atomic E-state index is 1.04. The van der Waals surface area contributed by atoms with E-state index in [1.807, 2.05) is 14.1 Å². The molecule has 4 heteroatoms. The predicted octanol–water partition coefficient (Wildman–Crippen LogP) is -0.155. The third-order valence-corrected chi connectivity index (χ3v) is 9.11. The summed E-state index contributed by atoms with van der Waals surface area (Å²) < 4.78 is 6.35. The van der Waals surface area contributed by atoms with Crippen LogP contribution in [-0.4, -0.2) is 30.8 Å². The van der Waals surface area contributed by atoms with Crippen LogP contribution in [0.15, 0.2) is 0 Å². The molecule has 0 spiro atoms. The Morgan fingerprint density at radius 2 is 1.67 bits per heavy atom. The van der Waals surface area contributed by atoms with Gasteiger partial charge < -0.3 is 0 Å². The van der Waals surface area contributed by atoms with Crippen molar-refractivity contribution in [3.63, 3.8) is 0 Å². The molecule has 0 atom stereocenters. The van der Waals surface area contributed by atoms with Crippen molar-refractivity contribution >= 4 is 35.2 Å². The molecule has 0 saturated heterocycles. The molecule has 38 valence electrons. The van der Waals surface area contributed by atoms with Crippen LogP contribution in [-0.2, 0) is 0 Å². The summed E-state index contributed by atoms with van der Waals surface area (Å²) in [5, 5.41) is 0. The molecule has 0 aliphatic carbocycles. The van der Waals surface area contributed by atoms with Crippen LogP contribution < -0.4 is 6.95 Å². The van der Waals surface area contributed by atoms with Crippen LogP contribution in [0.1, 0.15) is 0 Å². The second-order valence-corrected chi connectivity index (χ2v) is 11.4. The Balaban J connectivity index is 2.75. The molecule has 2 N–H and O–H groups in total. The van der Waals surface area contributed by atoms with E-state index in [1.54, 1.807) is 0 Å². The maximum atomic E-state index is 3.17. The van der Waals surface area contributed by atoms with Gasteiger partial charge in [0.25, 0.3) is 0 Å². The van der Waals surface area contributed by atoms with Crippen LogP contribution in [0, 0.1) is 0 Å². The van der Waals surface area contributed by atoms with E-state index < -0.39 is 16.7 Å². The molecule has 0 bridgehead atoms. The van der Waals surface area contributed by atoms with Crippen molar-refractivity contribution in [1.29, 1.82) is 0 Å². The van der Waals surface area contributed by atoms with E-state index in [1.165, 1.54) is 0 Å². The van der Waals surface area contributed by atoms with Crippen molar-refractivity contribution in [2.75, 3.05) is 14.1 Å². The molecule has 0 unspecified atom stereocenters. The van der Waals surface area contributed by atoms with Gasteiger partial charge in [-0.15, -0.1) is 0 Å². The van der Waals surface area contributed by atoms with Crippen LogP contribution in [0.5, 0.6) is 0 Å². The molecule has 6 heavy (non-hydrogen) atoms. The van der Waals surface area contributed by atoms with Gasteiger partial charge in [0.05, 0.1) is 0 Å². The first-order valence-electron chi connectivity index (χ1n) is 1.62. The van der Waals surface area contributed by atoms with E-state index in [0.29, 0.717) is 0 Å². The minimum atomic E-state index is -1.04. The van der Waals surface area contributed by atoms with Gasteiger partial charge in [-0.1, -0.05) is 0 Å². The summed E-state index contributed by atoms with van der Waals surface area (Å²) in [5.41, 5.74) is 0. The van der Waals surface area contributed by atoms with Crippen LogP contribution in [0.2, 0.25) is 0 Å². The van der Waals surface area contributed by atoms with E-state index >= 15 is 0 Å². The summed E-state index contributed by atoms with van der Waals surface area (Å²) in [6.07, 6.45) is 0. The van der Waals surface area contributed by atoms with E-state index in [9.17, 15) is 0 Å². The van der Waals surface area contributed by atoms with Crippen LogP contribution in [0.4, 0.5) is 0 Å². The normalized spacial score (nSPS) is 10.0. The van der Waals surface area contributed by atoms with Crippen molar-refractivity contribution < 1.29 is 0 Å². The van der Waals surface area contributed by atoms with Crippen LogP contribution in [0.3, 0.4) is 0 Å². The molecule has 2 nitrogen and oxygen atoms in total. The average Bonchev–Trinajstić information content (AvgIpc) is 1.65. The van der Waals surface area contributed by atoms with Crippen molar-refractivity contribution in [3.05, 3.63) is 0 Å². The summed E-state index contributed by atoms with van der Waals surface area (Å²) in [6.45, 7) is 0. The molecule has 0 heterocycles. The Morgan fingerprint density at radius 3 is 1.67 bits per heavy atom. The zero-order valence-corrected chi connectivity index (χ0v) is 8.54. The SMILES string of the molecule is C[NH][Sb]([I])[NH]C. The summed E-state index contributed by atoms with van der Waals surface area (Å²) >= 11 is 1.39. The van der Waals surface area contributed by atoms with Crippen molar-refractivity contribution in [2.24, 2.45) is 0 Å². The fraction of sp³-hybridized carbons (Fsp3) is 1.00. The summed E-state index contributed by atoms with van der Waals surface area (Å²) in [5.74, 6) is 0. The average molecular weight is 309 g/mol. The number of hydrogen-bond donors (Lipinski definition) is 2. The third-order valence-electron chi connectivity index (χ3n) is 0.393. The Kier molecular flexibility index (Phi) is 5.75. The molecule has 0 saturated carbocycles. The fourth-order valence-corrected chi connectivity index (χ4v) is 0.750. The Bertz CT molecular complexity index is 30.7. The van der Waals surface area contributed by atoms with Gasteiger partial charge in [0.15, 0.2) is 0 Å². The number of halogens is 1. The van der Waals surface area contributed by atoms with E-state index in [-0.39, 0.29) is 0 Å². The molecule has 0 aromatic rings. The fourth-order valence-electron chi connectivity index (χ4n) is 0.112. The Hall–Kier alpha value is 1.47. The van der Waals surface area contributed by atoms with Crippen molar-refractivity contribution in [1.82, 2.24) is 6.95 Å². The summed E-state index contributed by atoms with van der Waals surface area (Å²) in [6, 6.07) is 0. The third kappa shape index (κ3) is 3.65. The van der Waals surface area contributed by atoms with Crippen molar-refractivity contribution in [2.45, 2.75) is 0 Å². The molecule has 0 aliphatic heterocycles. The zero-order valence-electron chi connectivity index (χ0n) is 3.83. The van der Waals surface area contributed by atoms with Crippen LogP contribution in [0.25, 0.3) is 0 Å². The van der Waals surface area contributed by atoms with E-state index in [0.717, 1.165) is 0 Å². The van der Waals surface area contributed by atoms with E-state index in [4.69, 9.17) is 0 Å². The van der Waals surface area contributed by atoms with Gasteiger partial charge in [-0.2, -0.15) is 0 Å². The molecule has 0 radical (unpaired) electrons. The van der Waals surface area contributed by atoms with Gasteiger partial charge in [-0.25, -0.2) is 0 Å². The standard InChI is InChI=1S/2CH4N.HI.Sb/c2*1-2;;/h2*2H,1H3;1H;/q2*-1;;+3/p-1. The molecule has 0 rings (SSSR count). The van der Waals surface area contributed by atoms with Gasteiger partial charge in [-0.05, 0) is 0 Å². The molecular formula is C2H8IN2Sb. The number of rotatable bonds is 2. The van der Waals surface area contributed by atoms with Gasteiger partial charge in [0, 0.05) is 0 Å². The Labute approximate surface area is 55.8 Å². The summed E-state index contributed by atoms with van der Waals surface area (Å²) in [7, 11) is 3.98. The van der Waals surface area contributed by atoms with Gasteiger partial charge in [0.1, 0.15) is 0 Å². The molecular weight excluding hydrogens is 301 g/mol. The maximum absolute atomic E-state index is 3.17. The first kappa shape index (κ1) is 7.47. The quantitative estimate of drug-likeness (QED) is 0.547. The van der Waals surface area contributed by atoms with Gasteiger partial charge in [0.2, 0.25) is 0 Å². The molecule has 0 aromatic heterocycles. The number of nitrogens with one attached hydrogen (secondary N) is 2. The summed E-state index contributed by atoms with van der Waals surface area (Å²) in [4.78, 5) is 0. The second kappa shape index (κ2) is 4.62. The Morgan fingerprint density at radius 1 is 1.33 bits per heavy atom. The van der Waals surface area contributed by atoms with E-state index in [2.05, 4.69) is 25.5 Å². The van der Waals surface area contributed by atoms with Crippen molar-refractivity contribution in [3.8, 4) is 0 Å². The van der Waals surface area contributed by atoms with Gasteiger partial charge in [-0.3, -0.25) is 0 Å². The zero-order chi connectivity index (χ0) is 4.99. The predicted molar refractivity (Wildman–Crippen MR) is 37.9 cm³/mol. The topological polar surface area (TPSA) is 24.1 Å². The first-order chi connectivity index (χ1) is 2.81. The molecule has 0 aromatic carbocycles. The molecule has 0 fully saturated rings. The first-order valence-corrected chi connectivity index (χ1v) is 11.6. The van der Waals surface area contributed by atoms with Gasteiger partial charge >= 0.3 is 56.3 Å². The monoisotopic (exact) mass is 308 g/mol. The number of hydrogen-bond acceptors (Lipinski definition) is 2.